The Morgan fingerprint density at radius 2 is 1.67 bits per heavy atom. The second kappa shape index (κ2) is 6.39. The van der Waals surface area contributed by atoms with E-state index in [1.165, 1.54) is 12.1 Å². The average molecular weight is 315 g/mol. The Balaban J connectivity index is 2.14. The number of rotatable bonds is 4. The fourth-order valence-corrected chi connectivity index (χ4v) is 2.43. The summed E-state index contributed by atoms with van der Waals surface area (Å²) in [6.07, 6.45) is -3.89. The average Bonchev–Trinajstić information content (AvgIpc) is 2.46. The molecule has 0 saturated heterocycles. The van der Waals surface area contributed by atoms with Crippen LogP contribution < -0.4 is 4.74 Å². The lowest BCUT2D eigenvalue weighted by Gasteiger charge is -2.14. The molecule has 0 amide bonds. The molecule has 1 atom stereocenters. The third kappa shape index (κ3) is 3.91. The molecule has 0 saturated carbocycles. The molecule has 0 bridgehead atoms. The van der Waals surface area contributed by atoms with Gasteiger partial charge in [-0.3, -0.25) is 0 Å². The number of alkyl halides is 4. The topological polar surface area (TPSA) is 9.23 Å². The predicted octanol–water partition coefficient (Wildman–Crippen LogP) is 5.24. The summed E-state index contributed by atoms with van der Waals surface area (Å²) in [5.74, 6) is 0.671. The molecule has 0 aromatic heterocycles. The second-order valence-electron chi connectivity index (χ2n) is 4.61. The zero-order valence-corrected chi connectivity index (χ0v) is 12.1. The van der Waals surface area contributed by atoms with Crippen LogP contribution in [-0.4, -0.2) is 7.11 Å². The Hall–Kier alpha value is -1.68. The summed E-state index contributed by atoms with van der Waals surface area (Å²) in [6.45, 7) is 0. The highest BCUT2D eigenvalue weighted by molar-refractivity contribution is 6.21. The quantitative estimate of drug-likeness (QED) is 0.702. The van der Waals surface area contributed by atoms with E-state index >= 15 is 0 Å². The van der Waals surface area contributed by atoms with Crippen LogP contribution in [0.2, 0.25) is 0 Å². The molecule has 0 N–H and O–H groups in total. The van der Waals surface area contributed by atoms with Gasteiger partial charge in [-0.05, 0) is 30.2 Å². The van der Waals surface area contributed by atoms with Crippen molar-refractivity contribution in [2.45, 2.75) is 18.0 Å². The van der Waals surface area contributed by atoms with Crippen LogP contribution in [0, 0.1) is 0 Å². The maximum Gasteiger partial charge on any atom is 0.416 e. The number of hydrogen-bond donors (Lipinski definition) is 0. The lowest BCUT2D eigenvalue weighted by atomic mass is 10.0. The van der Waals surface area contributed by atoms with Crippen molar-refractivity contribution in [2.75, 3.05) is 7.11 Å². The fourth-order valence-electron chi connectivity index (χ4n) is 2.07. The SMILES string of the molecule is COc1ccccc1C(Cl)Cc1ccc(C(F)(F)F)cc1. The van der Waals surface area contributed by atoms with E-state index < -0.39 is 11.7 Å². The number of hydrogen-bond acceptors (Lipinski definition) is 1. The Labute approximate surface area is 126 Å². The van der Waals surface area contributed by atoms with E-state index in [0.717, 1.165) is 23.3 Å². The summed E-state index contributed by atoms with van der Waals surface area (Å²) in [6, 6.07) is 12.4. The van der Waals surface area contributed by atoms with Gasteiger partial charge < -0.3 is 4.74 Å². The molecule has 2 rings (SSSR count). The predicted molar refractivity (Wildman–Crippen MR) is 76.7 cm³/mol. The van der Waals surface area contributed by atoms with Crippen molar-refractivity contribution < 1.29 is 17.9 Å². The first-order chi connectivity index (χ1) is 9.91. The van der Waals surface area contributed by atoms with Crippen molar-refractivity contribution in [3.63, 3.8) is 0 Å². The van der Waals surface area contributed by atoms with E-state index in [-0.39, 0.29) is 5.38 Å². The van der Waals surface area contributed by atoms with Gasteiger partial charge in [-0.2, -0.15) is 13.2 Å². The van der Waals surface area contributed by atoms with Crippen LogP contribution in [0.1, 0.15) is 22.1 Å². The first-order valence-corrected chi connectivity index (χ1v) is 6.78. The molecule has 112 valence electrons. The molecule has 1 nitrogen and oxygen atoms in total. The maximum atomic E-state index is 12.5. The Kier molecular flexibility index (Phi) is 4.78. The molecule has 0 heterocycles. The molecule has 21 heavy (non-hydrogen) atoms. The van der Waals surface area contributed by atoms with E-state index in [1.54, 1.807) is 13.2 Å². The highest BCUT2D eigenvalue weighted by atomic mass is 35.5. The zero-order chi connectivity index (χ0) is 15.5. The molecule has 1 unspecified atom stereocenters. The molecule has 0 aliphatic rings. The van der Waals surface area contributed by atoms with Crippen LogP contribution in [0.3, 0.4) is 0 Å². The lowest BCUT2D eigenvalue weighted by molar-refractivity contribution is -0.137. The summed E-state index contributed by atoms with van der Waals surface area (Å²) in [7, 11) is 1.56. The Morgan fingerprint density at radius 1 is 1.05 bits per heavy atom. The van der Waals surface area contributed by atoms with Crippen LogP contribution in [0.25, 0.3) is 0 Å². The largest absolute Gasteiger partial charge is 0.496 e. The van der Waals surface area contributed by atoms with Crippen LogP contribution >= 0.6 is 11.6 Å². The number of halogens is 4. The van der Waals surface area contributed by atoms with Crippen LogP contribution in [0.4, 0.5) is 13.2 Å². The standard InChI is InChI=1S/C16H14ClF3O/c1-21-15-5-3-2-4-13(15)14(17)10-11-6-8-12(9-7-11)16(18,19)20/h2-9,14H,10H2,1H3. The minimum atomic E-state index is -4.32. The number of para-hydroxylation sites is 1. The second-order valence-corrected chi connectivity index (χ2v) is 5.14. The highest BCUT2D eigenvalue weighted by Crippen LogP contribution is 2.33. The van der Waals surface area contributed by atoms with Crippen LogP contribution in [0.15, 0.2) is 48.5 Å². The number of methoxy groups -OCH3 is 1. The van der Waals surface area contributed by atoms with Gasteiger partial charge in [-0.15, -0.1) is 11.6 Å². The highest BCUT2D eigenvalue weighted by Gasteiger charge is 2.30. The summed E-state index contributed by atoms with van der Waals surface area (Å²) in [4.78, 5) is 0. The van der Waals surface area contributed by atoms with Gasteiger partial charge in [-0.1, -0.05) is 30.3 Å². The molecule has 0 radical (unpaired) electrons. The molecular formula is C16H14ClF3O. The smallest absolute Gasteiger partial charge is 0.416 e. The zero-order valence-electron chi connectivity index (χ0n) is 11.3. The van der Waals surface area contributed by atoms with Gasteiger partial charge in [0.15, 0.2) is 0 Å². The van der Waals surface area contributed by atoms with Gasteiger partial charge in [-0.25, -0.2) is 0 Å². The molecule has 2 aromatic rings. The van der Waals surface area contributed by atoms with Crippen molar-refractivity contribution in [3.8, 4) is 5.75 Å². The fraction of sp³-hybridized carbons (Fsp3) is 0.250. The van der Waals surface area contributed by atoms with E-state index in [1.807, 2.05) is 18.2 Å². The molecule has 0 fully saturated rings. The summed E-state index contributed by atoms with van der Waals surface area (Å²) in [5, 5.41) is -0.363. The van der Waals surface area contributed by atoms with Crippen molar-refractivity contribution in [2.24, 2.45) is 0 Å². The van der Waals surface area contributed by atoms with Gasteiger partial charge >= 0.3 is 6.18 Å². The minimum Gasteiger partial charge on any atom is -0.496 e. The Morgan fingerprint density at radius 3 is 2.24 bits per heavy atom. The molecule has 0 spiro atoms. The molecular weight excluding hydrogens is 301 g/mol. The molecule has 0 aliphatic heterocycles. The summed E-state index contributed by atoms with van der Waals surface area (Å²) in [5.41, 5.74) is 0.908. The van der Waals surface area contributed by atoms with Crippen molar-refractivity contribution in [1.29, 1.82) is 0 Å². The van der Waals surface area contributed by atoms with Gasteiger partial charge in [0.25, 0.3) is 0 Å². The molecule has 0 aliphatic carbocycles. The van der Waals surface area contributed by atoms with Gasteiger partial charge in [0, 0.05) is 5.56 Å². The van der Waals surface area contributed by atoms with Gasteiger partial charge in [0.2, 0.25) is 0 Å². The van der Waals surface area contributed by atoms with E-state index in [2.05, 4.69) is 0 Å². The van der Waals surface area contributed by atoms with E-state index in [0.29, 0.717) is 12.2 Å². The van der Waals surface area contributed by atoms with Crippen LogP contribution in [0.5, 0.6) is 5.75 Å². The molecule has 2 aromatic carbocycles. The van der Waals surface area contributed by atoms with E-state index in [4.69, 9.17) is 16.3 Å². The first kappa shape index (κ1) is 15.7. The molecule has 5 heteroatoms. The Bertz CT molecular complexity index is 593. The number of ether oxygens (including phenoxy) is 1. The summed E-state index contributed by atoms with van der Waals surface area (Å²) < 4.78 is 42.7. The van der Waals surface area contributed by atoms with Gasteiger partial charge in [0.05, 0.1) is 18.1 Å². The number of benzene rings is 2. The maximum absolute atomic E-state index is 12.5. The van der Waals surface area contributed by atoms with Crippen molar-refractivity contribution in [3.05, 3.63) is 65.2 Å². The monoisotopic (exact) mass is 314 g/mol. The van der Waals surface area contributed by atoms with Crippen LogP contribution in [-0.2, 0) is 12.6 Å². The van der Waals surface area contributed by atoms with E-state index in [9.17, 15) is 13.2 Å². The van der Waals surface area contributed by atoms with Gasteiger partial charge in [0.1, 0.15) is 5.75 Å². The normalized spacial score (nSPS) is 13.0. The third-order valence-corrected chi connectivity index (χ3v) is 3.56. The van der Waals surface area contributed by atoms with Crippen molar-refractivity contribution >= 4 is 11.6 Å². The van der Waals surface area contributed by atoms with Crippen molar-refractivity contribution in [1.82, 2.24) is 0 Å². The third-order valence-electron chi connectivity index (χ3n) is 3.17. The minimum absolute atomic E-state index is 0.363. The first-order valence-electron chi connectivity index (χ1n) is 6.35. The summed E-state index contributed by atoms with van der Waals surface area (Å²) >= 11 is 6.35. The lowest BCUT2D eigenvalue weighted by Crippen LogP contribution is -2.05.